The van der Waals surface area contributed by atoms with E-state index in [0.717, 1.165) is 85.9 Å². The number of piperidine rings is 1. The number of nitrogens with one attached hydrogen (secondary N) is 4. The average molecular weight is 732 g/mol. The van der Waals surface area contributed by atoms with Crippen LogP contribution in [0.5, 0.6) is 0 Å². The van der Waals surface area contributed by atoms with Crippen LogP contribution < -0.4 is 15.5 Å². The van der Waals surface area contributed by atoms with Gasteiger partial charge >= 0.3 is 12.2 Å². The zero-order valence-corrected chi connectivity index (χ0v) is 31.3. The second kappa shape index (κ2) is 16.3. The summed E-state index contributed by atoms with van der Waals surface area (Å²) in [6.07, 6.45) is 7.22. The van der Waals surface area contributed by atoms with E-state index in [9.17, 15) is 24.3 Å². The summed E-state index contributed by atoms with van der Waals surface area (Å²) in [5, 5.41) is 14.4. The molecule has 0 bridgehead atoms. The van der Waals surface area contributed by atoms with E-state index < -0.39 is 24.3 Å². The highest BCUT2D eigenvalue weighted by Gasteiger charge is 2.39. The van der Waals surface area contributed by atoms with Gasteiger partial charge in [0.1, 0.15) is 23.7 Å². The van der Waals surface area contributed by atoms with E-state index in [1.807, 2.05) is 45.0 Å². The number of imidazole rings is 2. The molecule has 3 aromatic rings. The van der Waals surface area contributed by atoms with Crippen molar-refractivity contribution in [3.8, 4) is 11.3 Å². The maximum atomic E-state index is 13.5. The third-order valence-corrected chi connectivity index (χ3v) is 11.0. The van der Waals surface area contributed by atoms with E-state index >= 15 is 0 Å². The Hall–Kier alpha value is -5.08. The summed E-state index contributed by atoms with van der Waals surface area (Å²) in [7, 11) is 1.29. The molecule has 5 heterocycles. The number of anilines is 1. The lowest BCUT2D eigenvalue weighted by atomic mass is 9.93. The largest absolute Gasteiger partial charge is 0.465 e. The molecule has 4 amide bonds. The van der Waals surface area contributed by atoms with Gasteiger partial charge in [0, 0.05) is 55.7 Å². The number of aromatic amines is 2. The fraction of sp³-hybridized carbons (Fsp3) is 0.579. The van der Waals surface area contributed by atoms with Crippen molar-refractivity contribution in [3.63, 3.8) is 0 Å². The highest BCUT2D eigenvalue weighted by molar-refractivity contribution is 5.87. The van der Waals surface area contributed by atoms with Crippen LogP contribution in [0.4, 0.5) is 15.3 Å². The molecule has 3 aliphatic heterocycles. The number of likely N-dealkylation sites (tertiary alicyclic amines) is 2. The normalized spacial score (nSPS) is 20.5. The summed E-state index contributed by atoms with van der Waals surface area (Å²) in [5.41, 5.74) is 3.95. The van der Waals surface area contributed by atoms with E-state index in [1.54, 1.807) is 4.90 Å². The Labute approximate surface area is 310 Å². The topological polar surface area (TPSA) is 189 Å². The average Bonchev–Trinajstić information content (AvgIpc) is 3.98. The van der Waals surface area contributed by atoms with Crippen molar-refractivity contribution in [1.29, 1.82) is 0 Å². The minimum absolute atomic E-state index is 0.0982. The molecule has 3 saturated heterocycles. The maximum Gasteiger partial charge on any atom is 0.407 e. The van der Waals surface area contributed by atoms with E-state index in [2.05, 4.69) is 49.8 Å². The van der Waals surface area contributed by atoms with Crippen LogP contribution in [0, 0.1) is 11.8 Å². The number of aromatic nitrogens is 4. The van der Waals surface area contributed by atoms with Gasteiger partial charge in [0.25, 0.3) is 0 Å². The molecule has 4 atom stereocenters. The first-order valence-corrected chi connectivity index (χ1v) is 18.9. The smallest absolute Gasteiger partial charge is 0.407 e. The highest BCUT2D eigenvalue weighted by atomic mass is 16.5. The molecule has 286 valence electrons. The molecular weight excluding hydrogens is 678 g/mol. The van der Waals surface area contributed by atoms with Crippen LogP contribution in [0.2, 0.25) is 0 Å². The number of methoxy groups -OCH3 is 1. The van der Waals surface area contributed by atoms with E-state index in [1.165, 1.54) is 7.11 Å². The van der Waals surface area contributed by atoms with Crippen LogP contribution in [-0.2, 0) is 14.3 Å². The number of alkyl carbamates (subject to hydrolysis) is 1. The summed E-state index contributed by atoms with van der Waals surface area (Å²) in [4.78, 5) is 72.7. The highest BCUT2D eigenvalue weighted by Crippen LogP contribution is 2.36. The molecule has 5 N–H and O–H groups in total. The summed E-state index contributed by atoms with van der Waals surface area (Å²) in [5.74, 6) is 1.21. The summed E-state index contributed by atoms with van der Waals surface area (Å²) < 4.78 is 4.75. The van der Waals surface area contributed by atoms with Crippen LogP contribution in [-0.4, -0.2) is 104 Å². The summed E-state index contributed by atoms with van der Waals surface area (Å²) in [6, 6.07) is 6.56. The summed E-state index contributed by atoms with van der Waals surface area (Å²) >= 11 is 0. The number of ether oxygens (including phenoxy) is 1. The Morgan fingerprint density at radius 2 is 1.32 bits per heavy atom. The number of hydrogen-bond acceptors (Lipinski definition) is 8. The first-order chi connectivity index (χ1) is 25.4. The van der Waals surface area contributed by atoms with Crippen molar-refractivity contribution in [3.05, 3.63) is 54.0 Å². The number of nitrogens with zero attached hydrogens (tertiary/aromatic N) is 5. The number of carbonyl (C=O) groups excluding carboxylic acids is 3. The molecule has 6 rings (SSSR count). The van der Waals surface area contributed by atoms with E-state index in [0.29, 0.717) is 19.0 Å². The predicted octanol–water partition coefficient (Wildman–Crippen LogP) is 5.18. The number of amides is 4. The molecule has 15 nitrogen and oxygen atoms in total. The second-order valence-corrected chi connectivity index (χ2v) is 15.1. The lowest BCUT2D eigenvalue weighted by Crippen LogP contribution is -2.51. The Balaban J connectivity index is 1.04. The summed E-state index contributed by atoms with van der Waals surface area (Å²) in [6.45, 7) is 10.5. The Kier molecular flexibility index (Phi) is 11.6. The van der Waals surface area contributed by atoms with Gasteiger partial charge in [0.2, 0.25) is 11.8 Å². The molecule has 0 saturated carbocycles. The van der Waals surface area contributed by atoms with Crippen LogP contribution in [0.1, 0.15) is 102 Å². The second-order valence-electron chi connectivity index (χ2n) is 15.1. The van der Waals surface area contributed by atoms with Gasteiger partial charge in [-0.25, -0.2) is 19.6 Å². The molecule has 1 aromatic carbocycles. The molecule has 0 spiro atoms. The molecule has 3 fully saturated rings. The van der Waals surface area contributed by atoms with Crippen molar-refractivity contribution in [2.24, 2.45) is 11.8 Å². The molecule has 2 aromatic heterocycles. The fourth-order valence-electron chi connectivity index (χ4n) is 8.00. The standard InChI is InChI=1S/C38H53N9O6/c1-22(2)31(43-37(50)51)35(48)46-16-6-8-29(46)34-40-21-28(42-34)25-14-18-45(19-15-25)26-12-10-24(11-13-26)27-20-39-33(41-27)30-9-7-17-47(30)36(49)32(23(3)4)44-38(52)53-5/h10-13,20-23,25,29-32,43H,6-9,14-19H2,1-5H3,(H,39,41)(H,40,42)(H,44,52)(H,50,51)/t29-,30?,31-,32-/m0/s1. The van der Waals surface area contributed by atoms with Gasteiger partial charge in [-0.05, 0) is 62.5 Å². The quantitative estimate of drug-likeness (QED) is 0.177. The number of H-pyrrole nitrogens is 2. The molecule has 15 heteroatoms. The van der Waals surface area contributed by atoms with E-state index in [4.69, 9.17) is 14.7 Å². The number of carboxylic acid groups (broad SMARTS) is 1. The number of rotatable bonds is 11. The lowest BCUT2D eigenvalue weighted by molar-refractivity contribution is -0.136. The SMILES string of the molecule is COC(=O)N[C@H](C(=O)N1CCCC1c1nc(-c2ccc(N3CCC(c4c[nH]c([C@@H]5CCCN5C(=O)[C@@H](NC(=O)O)C(C)C)n4)CC3)cc2)c[nH]1)C(C)C. The minimum Gasteiger partial charge on any atom is -0.465 e. The zero-order chi connectivity index (χ0) is 37.8. The van der Waals surface area contributed by atoms with Crippen molar-refractivity contribution >= 4 is 29.7 Å². The molecule has 0 radical (unpaired) electrons. The fourth-order valence-corrected chi connectivity index (χ4v) is 8.00. The Morgan fingerprint density at radius 1 is 0.774 bits per heavy atom. The van der Waals surface area contributed by atoms with Gasteiger partial charge in [-0.3, -0.25) is 9.59 Å². The molecule has 1 unspecified atom stereocenters. The van der Waals surface area contributed by atoms with Crippen LogP contribution in [0.3, 0.4) is 0 Å². The molecule has 53 heavy (non-hydrogen) atoms. The van der Waals surface area contributed by atoms with Gasteiger partial charge in [0.15, 0.2) is 0 Å². The van der Waals surface area contributed by atoms with Gasteiger partial charge in [-0.2, -0.15) is 0 Å². The first kappa shape index (κ1) is 37.7. The minimum atomic E-state index is -1.20. The van der Waals surface area contributed by atoms with Crippen molar-refractivity contribution < 1.29 is 29.0 Å². The van der Waals surface area contributed by atoms with Crippen molar-refractivity contribution in [2.75, 3.05) is 38.2 Å². The van der Waals surface area contributed by atoms with Gasteiger partial charge in [0.05, 0.1) is 30.6 Å². The lowest BCUT2D eigenvalue weighted by Gasteiger charge is -2.33. The van der Waals surface area contributed by atoms with Crippen molar-refractivity contribution in [2.45, 2.75) is 96.3 Å². The molecule has 3 aliphatic rings. The monoisotopic (exact) mass is 731 g/mol. The Bertz CT molecular complexity index is 1750. The van der Waals surface area contributed by atoms with E-state index in [-0.39, 0.29) is 35.7 Å². The zero-order valence-electron chi connectivity index (χ0n) is 31.3. The van der Waals surface area contributed by atoms with Crippen LogP contribution in [0.15, 0.2) is 36.7 Å². The van der Waals surface area contributed by atoms with Crippen LogP contribution in [0.25, 0.3) is 11.3 Å². The van der Waals surface area contributed by atoms with Gasteiger partial charge in [-0.15, -0.1) is 0 Å². The first-order valence-electron chi connectivity index (χ1n) is 18.9. The predicted molar refractivity (Wildman–Crippen MR) is 198 cm³/mol. The number of benzene rings is 1. The third-order valence-electron chi connectivity index (χ3n) is 11.0. The molecular formula is C38H53N9O6. The van der Waals surface area contributed by atoms with Crippen LogP contribution >= 0.6 is 0 Å². The maximum absolute atomic E-state index is 13.5. The third kappa shape index (κ3) is 8.28. The van der Waals surface area contributed by atoms with Gasteiger partial charge < -0.3 is 45.1 Å². The number of hydrogen-bond donors (Lipinski definition) is 5. The molecule has 0 aliphatic carbocycles. The number of carbonyl (C=O) groups is 4. The van der Waals surface area contributed by atoms with Crippen molar-refractivity contribution in [1.82, 2.24) is 40.4 Å². The van der Waals surface area contributed by atoms with Gasteiger partial charge in [-0.1, -0.05) is 39.8 Å². The Morgan fingerprint density at radius 3 is 1.87 bits per heavy atom.